The monoisotopic (exact) mass is 330 g/mol. The van der Waals surface area contributed by atoms with Crippen LogP contribution in [0.2, 0.25) is 0 Å². The van der Waals surface area contributed by atoms with Gasteiger partial charge in [-0.3, -0.25) is 4.99 Å². The lowest BCUT2D eigenvalue weighted by molar-refractivity contribution is -0.137. The number of aliphatic imine (C=N–C) groups is 1. The zero-order chi connectivity index (χ0) is 16.4. The number of benzene rings is 1. The molecule has 0 aliphatic rings. The topological polar surface area (TPSA) is 38.4 Å². The maximum Gasteiger partial charge on any atom is 0.432 e. The fraction of sp³-hybridized carbons (Fsp3) is 0.250. The highest BCUT2D eigenvalue weighted by atomic mass is 35.5. The summed E-state index contributed by atoms with van der Waals surface area (Å²) >= 11 is 5.53. The van der Waals surface area contributed by atoms with Crippen LogP contribution in [0.1, 0.15) is 11.1 Å². The number of hydrogen-bond donors (Lipinski definition) is 1. The fourth-order valence-corrected chi connectivity index (χ4v) is 1.72. The predicted octanol–water partition coefficient (Wildman–Crippen LogP) is 4.10. The normalized spacial score (nSPS) is 15.0. The molecule has 0 heterocycles. The third kappa shape index (κ3) is 4.13. The van der Waals surface area contributed by atoms with Gasteiger partial charge in [0.05, 0.1) is 16.3 Å². The van der Waals surface area contributed by atoms with Gasteiger partial charge in [-0.15, -0.1) is 0 Å². The smallest absolute Gasteiger partial charge is 0.393 e. The highest BCUT2D eigenvalue weighted by molar-refractivity contribution is 6.46. The lowest BCUT2D eigenvalue weighted by atomic mass is 10.1. The minimum Gasteiger partial charge on any atom is -0.393 e. The van der Waals surface area contributed by atoms with Crippen LogP contribution < -0.4 is 5.73 Å². The van der Waals surface area contributed by atoms with Crippen LogP contribution in [-0.4, -0.2) is 18.9 Å². The molecular formula is C12H9ClF6N2. The number of allylic oxidation sites excluding steroid dienone is 2. The van der Waals surface area contributed by atoms with Gasteiger partial charge in [0.25, 0.3) is 0 Å². The molecule has 0 aromatic heterocycles. The lowest BCUT2D eigenvalue weighted by Gasteiger charge is -2.12. The Morgan fingerprint density at radius 3 is 1.86 bits per heavy atom. The van der Waals surface area contributed by atoms with E-state index in [1.165, 1.54) is 0 Å². The molecule has 0 amide bonds. The van der Waals surface area contributed by atoms with E-state index in [1.54, 1.807) is 0 Å². The molecule has 0 saturated heterocycles. The molecule has 2 N–H and O–H groups in total. The summed E-state index contributed by atoms with van der Waals surface area (Å²) in [6.07, 6.45) is -9.41. The Labute approximate surface area is 120 Å². The molecule has 1 rings (SSSR count). The van der Waals surface area contributed by atoms with Crippen LogP contribution in [0, 0.1) is 0 Å². The van der Waals surface area contributed by atoms with Crippen LogP contribution in [0.25, 0.3) is 0 Å². The standard InChI is InChI=1S/C12H9ClF6N2/c1-21-9(8(13)10(20)12(17,18)19)6-2-4-7(5-3-6)11(14,15)16/h2-5H,20H2,1H3. The van der Waals surface area contributed by atoms with Crippen molar-refractivity contribution in [3.05, 3.63) is 46.1 Å². The Bertz CT molecular complexity index is 569. The van der Waals surface area contributed by atoms with E-state index in [0.717, 1.165) is 19.2 Å². The number of hydrogen-bond acceptors (Lipinski definition) is 2. The highest BCUT2D eigenvalue weighted by Crippen LogP contribution is 2.31. The Balaban J connectivity index is 3.25. The van der Waals surface area contributed by atoms with Crippen LogP contribution >= 0.6 is 11.6 Å². The summed E-state index contributed by atoms with van der Waals surface area (Å²) in [6.45, 7) is 0. The minimum absolute atomic E-state index is 0.0114. The first-order chi connectivity index (χ1) is 9.48. The van der Waals surface area contributed by atoms with Crippen molar-refractivity contribution in [2.24, 2.45) is 10.7 Å². The van der Waals surface area contributed by atoms with Crippen LogP contribution in [0.5, 0.6) is 0 Å². The third-order valence-electron chi connectivity index (χ3n) is 2.46. The number of nitrogens with two attached hydrogens (primary N) is 1. The molecule has 0 saturated carbocycles. The highest BCUT2D eigenvalue weighted by Gasteiger charge is 2.35. The molecule has 2 nitrogen and oxygen atoms in total. The van der Waals surface area contributed by atoms with Gasteiger partial charge >= 0.3 is 12.4 Å². The number of alkyl halides is 6. The van der Waals surface area contributed by atoms with Crippen molar-refractivity contribution >= 4 is 17.3 Å². The Kier molecular flexibility index (Phi) is 4.93. The molecule has 0 aliphatic carbocycles. The van der Waals surface area contributed by atoms with E-state index in [1.807, 2.05) is 0 Å². The quantitative estimate of drug-likeness (QED) is 0.643. The molecule has 0 radical (unpaired) electrons. The molecule has 0 atom stereocenters. The lowest BCUT2D eigenvalue weighted by Crippen LogP contribution is -2.23. The summed E-state index contributed by atoms with van der Waals surface area (Å²) in [5.41, 5.74) is 2.01. The van der Waals surface area contributed by atoms with E-state index < -0.39 is 28.6 Å². The molecule has 0 spiro atoms. The van der Waals surface area contributed by atoms with Crippen LogP contribution in [0.3, 0.4) is 0 Å². The van der Waals surface area contributed by atoms with E-state index in [4.69, 9.17) is 17.3 Å². The Hall–Kier alpha value is -1.70. The van der Waals surface area contributed by atoms with Crippen molar-refractivity contribution < 1.29 is 26.3 Å². The maximum atomic E-state index is 12.5. The van der Waals surface area contributed by atoms with Gasteiger partial charge in [-0.05, 0) is 12.1 Å². The van der Waals surface area contributed by atoms with Crippen molar-refractivity contribution in [1.82, 2.24) is 0 Å². The summed E-state index contributed by atoms with van der Waals surface area (Å²) in [4.78, 5) is 3.55. The van der Waals surface area contributed by atoms with Gasteiger partial charge in [0, 0.05) is 12.6 Å². The van der Waals surface area contributed by atoms with Crippen molar-refractivity contribution in [1.29, 1.82) is 0 Å². The predicted molar refractivity (Wildman–Crippen MR) is 67.0 cm³/mol. The summed E-state index contributed by atoms with van der Waals surface area (Å²) in [7, 11) is 1.15. The van der Waals surface area contributed by atoms with E-state index in [9.17, 15) is 26.3 Å². The Morgan fingerprint density at radius 2 is 1.52 bits per heavy atom. The Morgan fingerprint density at radius 1 is 1.05 bits per heavy atom. The second kappa shape index (κ2) is 5.97. The zero-order valence-electron chi connectivity index (χ0n) is 10.5. The fourth-order valence-electron chi connectivity index (χ4n) is 1.42. The van der Waals surface area contributed by atoms with Crippen LogP contribution in [-0.2, 0) is 6.18 Å². The SMILES string of the molecule is CN=C(C(Cl)=C(N)C(F)(F)F)c1ccc(C(F)(F)F)cc1. The number of rotatable bonds is 2. The van der Waals surface area contributed by atoms with Gasteiger partial charge in [0.2, 0.25) is 0 Å². The average Bonchev–Trinajstić information content (AvgIpc) is 2.37. The van der Waals surface area contributed by atoms with Crippen LogP contribution in [0.15, 0.2) is 40.0 Å². The van der Waals surface area contributed by atoms with E-state index in [-0.39, 0.29) is 11.3 Å². The zero-order valence-corrected chi connectivity index (χ0v) is 11.2. The molecule has 0 unspecified atom stereocenters. The molecule has 0 bridgehead atoms. The van der Waals surface area contributed by atoms with E-state index >= 15 is 0 Å². The van der Waals surface area contributed by atoms with Crippen molar-refractivity contribution in [3.8, 4) is 0 Å². The molecule has 1 aromatic carbocycles. The molecule has 21 heavy (non-hydrogen) atoms. The second-order valence-corrected chi connectivity index (χ2v) is 4.25. The molecule has 9 heteroatoms. The first-order valence-corrected chi connectivity index (χ1v) is 5.73. The summed E-state index contributed by atoms with van der Waals surface area (Å²) in [5.74, 6) is 0. The largest absolute Gasteiger partial charge is 0.432 e. The summed E-state index contributed by atoms with van der Waals surface area (Å²) < 4.78 is 74.6. The van der Waals surface area contributed by atoms with Crippen molar-refractivity contribution in [3.63, 3.8) is 0 Å². The van der Waals surface area contributed by atoms with Crippen molar-refractivity contribution in [2.45, 2.75) is 12.4 Å². The van der Waals surface area contributed by atoms with Gasteiger partial charge in [-0.2, -0.15) is 26.3 Å². The van der Waals surface area contributed by atoms with E-state index in [0.29, 0.717) is 12.1 Å². The average molecular weight is 331 g/mol. The number of nitrogens with zero attached hydrogens (tertiary/aromatic N) is 1. The van der Waals surface area contributed by atoms with Gasteiger partial charge in [-0.25, -0.2) is 0 Å². The molecule has 0 fully saturated rings. The van der Waals surface area contributed by atoms with E-state index in [2.05, 4.69) is 4.99 Å². The summed E-state index contributed by atoms with van der Waals surface area (Å²) in [6, 6.07) is 3.37. The third-order valence-corrected chi connectivity index (χ3v) is 2.84. The molecule has 116 valence electrons. The molecule has 0 aliphatic heterocycles. The molecular weight excluding hydrogens is 322 g/mol. The minimum atomic E-state index is -4.86. The van der Waals surface area contributed by atoms with Crippen molar-refractivity contribution in [2.75, 3.05) is 7.05 Å². The van der Waals surface area contributed by atoms with Crippen LogP contribution in [0.4, 0.5) is 26.3 Å². The van der Waals surface area contributed by atoms with Gasteiger partial charge in [0.15, 0.2) is 0 Å². The maximum absolute atomic E-state index is 12.5. The first kappa shape index (κ1) is 17.4. The number of halogens is 7. The van der Waals surface area contributed by atoms with Gasteiger partial charge in [0.1, 0.15) is 5.70 Å². The van der Waals surface area contributed by atoms with Gasteiger partial charge < -0.3 is 5.73 Å². The first-order valence-electron chi connectivity index (χ1n) is 5.35. The summed E-state index contributed by atoms with van der Waals surface area (Å²) in [5, 5.41) is -0.871. The second-order valence-electron chi connectivity index (χ2n) is 3.87. The molecule has 1 aromatic rings. The van der Waals surface area contributed by atoms with Gasteiger partial charge in [-0.1, -0.05) is 23.7 Å².